The van der Waals surface area contributed by atoms with Crippen LogP contribution in [-0.4, -0.2) is 17.6 Å². The third kappa shape index (κ3) is 1.05. The Balaban J connectivity index is 2.89. The van der Waals surface area contributed by atoms with Crippen molar-refractivity contribution >= 4 is 12.6 Å². The van der Waals surface area contributed by atoms with Crippen LogP contribution in [0.2, 0.25) is 0 Å². The van der Waals surface area contributed by atoms with Crippen molar-refractivity contribution in [1.82, 2.24) is 4.98 Å². The summed E-state index contributed by atoms with van der Waals surface area (Å²) < 4.78 is 0. The molecule has 9 heavy (non-hydrogen) atoms. The number of amides is 1. The highest BCUT2D eigenvalue weighted by atomic mass is 16.1. The van der Waals surface area contributed by atoms with Crippen LogP contribution in [0.5, 0.6) is 0 Å². The molecule has 1 rings (SSSR count). The molecular formula is C6H6N2O. The largest absolute Gasteiger partial charge is 0.367 e. The van der Waals surface area contributed by atoms with Crippen molar-refractivity contribution in [3.63, 3.8) is 0 Å². The maximum Gasteiger partial charge on any atom is 0.277 e. The summed E-state index contributed by atoms with van der Waals surface area (Å²) in [7, 11) is 0. The first kappa shape index (κ1) is 5.75. The molecule has 0 saturated carbocycles. The summed E-state index contributed by atoms with van der Waals surface area (Å²) in [4.78, 5) is 16.6. The van der Waals surface area contributed by atoms with Crippen molar-refractivity contribution < 1.29 is 4.79 Å². The van der Waals surface area contributed by atoms with E-state index in [0.717, 1.165) is 0 Å². The van der Waals surface area contributed by atoms with E-state index < -0.39 is 0 Å². The molecule has 1 N–H and O–H groups in total. The van der Waals surface area contributed by atoms with Gasteiger partial charge in [-0.2, -0.15) is 0 Å². The van der Waals surface area contributed by atoms with E-state index in [1.54, 1.807) is 18.5 Å². The van der Waals surface area contributed by atoms with Crippen LogP contribution in [0.3, 0.4) is 0 Å². The van der Waals surface area contributed by atoms with Gasteiger partial charge < -0.3 is 4.98 Å². The molecule has 0 atom stereocenters. The molecule has 0 spiro atoms. The standard InChI is InChI=1S/C6H6N2O/c1-7-6(9)5-2-3-8-4-5/h2-4,8H,1H2. The van der Waals surface area contributed by atoms with E-state index in [1.807, 2.05) is 0 Å². The van der Waals surface area contributed by atoms with E-state index in [4.69, 9.17) is 0 Å². The number of hydrogen-bond acceptors (Lipinski definition) is 1. The summed E-state index contributed by atoms with van der Waals surface area (Å²) in [5.41, 5.74) is 0.546. The fourth-order valence-corrected chi connectivity index (χ4v) is 0.548. The van der Waals surface area contributed by atoms with Crippen molar-refractivity contribution in [1.29, 1.82) is 0 Å². The van der Waals surface area contributed by atoms with Gasteiger partial charge >= 0.3 is 0 Å². The summed E-state index contributed by atoms with van der Waals surface area (Å²) in [5.74, 6) is -0.295. The minimum absolute atomic E-state index is 0.295. The first-order chi connectivity index (χ1) is 4.34. The van der Waals surface area contributed by atoms with Crippen LogP contribution >= 0.6 is 0 Å². The summed E-state index contributed by atoms with van der Waals surface area (Å²) in [6, 6.07) is 1.65. The smallest absolute Gasteiger partial charge is 0.277 e. The molecule has 3 heteroatoms. The number of aliphatic imine (C=N–C) groups is 1. The number of carbonyl (C=O) groups excluding carboxylic acids is 1. The number of H-pyrrole nitrogens is 1. The number of aromatic amines is 1. The quantitative estimate of drug-likeness (QED) is 0.551. The number of carbonyl (C=O) groups is 1. The second-order valence-corrected chi connectivity index (χ2v) is 1.56. The normalized spacial score (nSPS) is 8.89. The molecule has 3 nitrogen and oxygen atoms in total. The summed E-state index contributed by atoms with van der Waals surface area (Å²) in [5, 5.41) is 0. The van der Waals surface area contributed by atoms with Gasteiger partial charge in [-0.05, 0) is 12.8 Å². The monoisotopic (exact) mass is 122 g/mol. The molecule has 1 aromatic rings. The van der Waals surface area contributed by atoms with Gasteiger partial charge in [0.05, 0.1) is 5.56 Å². The van der Waals surface area contributed by atoms with Crippen LogP contribution in [0.1, 0.15) is 10.4 Å². The summed E-state index contributed by atoms with van der Waals surface area (Å²) in [6.07, 6.45) is 3.25. The predicted molar refractivity (Wildman–Crippen MR) is 34.7 cm³/mol. The Morgan fingerprint density at radius 3 is 3.00 bits per heavy atom. The highest BCUT2D eigenvalue weighted by Crippen LogP contribution is 1.96. The predicted octanol–water partition coefficient (Wildman–Crippen LogP) is 0.855. The minimum Gasteiger partial charge on any atom is -0.367 e. The third-order valence-corrected chi connectivity index (χ3v) is 0.989. The molecule has 0 aromatic carbocycles. The maximum absolute atomic E-state index is 10.6. The number of aromatic nitrogens is 1. The van der Waals surface area contributed by atoms with Crippen molar-refractivity contribution in [2.24, 2.45) is 4.99 Å². The first-order valence-corrected chi connectivity index (χ1v) is 2.48. The average molecular weight is 122 g/mol. The Kier molecular flexibility index (Phi) is 1.44. The molecule has 0 radical (unpaired) electrons. The zero-order valence-corrected chi connectivity index (χ0v) is 4.79. The molecule has 0 aliphatic heterocycles. The zero-order valence-electron chi connectivity index (χ0n) is 4.79. The Labute approximate surface area is 52.4 Å². The van der Waals surface area contributed by atoms with Gasteiger partial charge in [-0.25, -0.2) is 4.99 Å². The van der Waals surface area contributed by atoms with Gasteiger partial charge in [-0.1, -0.05) is 0 Å². The van der Waals surface area contributed by atoms with Gasteiger partial charge in [0, 0.05) is 12.4 Å². The van der Waals surface area contributed by atoms with Crippen LogP contribution in [-0.2, 0) is 0 Å². The minimum atomic E-state index is -0.295. The number of hydrogen-bond donors (Lipinski definition) is 1. The van der Waals surface area contributed by atoms with Gasteiger partial charge in [0.2, 0.25) is 0 Å². The Bertz CT molecular complexity index is 213. The molecule has 1 heterocycles. The maximum atomic E-state index is 10.6. The van der Waals surface area contributed by atoms with Crippen LogP contribution in [0.15, 0.2) is 23.5 Å². The fourth-order valence-electron chi connectivity index (χ4n) is 0.548. The fraction of sp³-hybridized carbons (Fsp3) is 0. The van der Waals surface area contributed by atoms with Gasteiger partial charge in [0.25, 0.3) is 5.91 Å². The van der Waals surface area contributed by atoms with E-state index in [0.29, 0.717) is 5.56 Å². The molecule has 0 aliphatic rings. The van der Waals surface area contributed by atoms with Gasteiger partial charge in [0.1, 0.15) is 0 Å². The first-order valence-electron chi connectivity index (χ1n) is 2.48. The van der Waals surface area contributed by atoms with E-state index in [2.05, 4.69) is 16.7 Å². The molecule has 0 saturated heterocycles. The Hall–Kier alpha value is -1.38. The highest BCUT2D eigenvalue weighted by molar-refractivity contribution is 5.96. The summed E-state index contributed by atoms with van der Waals surface area (Å²) in [6.45, 7) is 3.10. The number of nitrogens with one attached hydrogen (secondary N) is 1. The zero-order chi connectivity index (χ0) is 6.69. The van der Waals surface area contributed by atoms with Crippen molar-refractivity contribution in [3.05, 3.63) is 24.0 Å². The Morgan fingerprint density at radius 2 is 2.56 bits per heavy atom. The molecule has 0 fully saturated rings. The average Bonchev–Trinajstić information content (AvgIpc) is 2.37. The lowest BCUT2D eigenvalue weighted by atomic mass is 10.3. The highest BCUT2D eigenvalue weighted by Gasteiger charge is 1.99. The molecule has 0 unspecified atom stereocenters. The van der Waals surface area contributed by atoms with Crippen LogP contribution in [0, 0.1) is 0 Å². The van der Waals surface area contributed by atoms with E-state index in [9.17, 15) is 4.79 Å². The SMILES string of the molecule is C=NC(=O)c1cc[nH]c1. The lowest BCUT2D eigenvalue weighted by Crippen LogP contribution is -1.88. The lowest BCUT2D eigenvalue weighted by molar-refractivity contribution is 0.100. The van der Waals surface area contributed by atoms with E-state index in [-0.39, 0.29) is 5.91 Å². The van der Waals surface area contributed by atoms with E-state index >= 15 is 0 Å². The topological polar surface area (TPSA) is 45.2 Å². The van der Waals surface area contributed by atoms with Crippen LogP contribution in [0.25, 0.3) is 0 Å². The molecule has 0 aliphatic carbocycles. The second-order valence-electron chi connectivity index (χ2n) is 1.56. The molecule has 1 amide bonds. The molecule has 0 bridgehead atoms. The lowest BCUT2D eigenvalue weighted by Gasteiger charge is -1.81. The van der Waals surface area contributed by atoms with Gasteiger partial charge in [0.15, 0.2) is 0 Å². The number of nitrogens with zero attached hydrogens (tertiary/aromatic N) is 1. The third-order valence-electron chi connectivity index (χ3n) is 0.989. The van der Waals surface area contributed by atoms with Crippen molar-refractivity contribution in [2.75, 3.05) is 0 Å². The van der Waals surface area contributed by atoms with Gasteiger partial charge in [-0.15, -0.1) is 0 Å². The number of rotatable bonds is 1. The van der Waals surface area contributed by atoms with Crippen LogP contribution < -0.4 is 0 Å². The molecule has 46 valence electrons. The van der Waals surface area contributed by atoms with Gasteiger partial charge in [-0.3, -0.25) is 4.79 Å². The Morgan fingerprint density at radius 1 is 1.78 bits per heavy atom. The van der Waals surface area contributed by atoms with E-state index in [1.165, 1.54) is 0 Å². The van der Waals surface area contributed by atoms with Crippen molar-refractivity contribution in [2.45, 2.75) is 0 Å². The summed E-state index contributed by atoms with van der Waals surface area (Å²) >= 11 is 0. The second kappa shape index (κ2) is 2.26. The molecular weight excluding hydrogens is 116 g/mol. The van der Waals surface area contributed by atoms with Crippen molar-refractivity contribution in [3.8, 4) is 0 Å². The molecule has 1 aromatic heterocycles. The van der Waals surface area contributed by atoms with Crippen LogP contribution in [0.4, 0.5) is 0 Å².